The summed E-state index contributed by atoms with van der Waals surface area (Å²) in [6, 6.07) is 0.486. The standard InChI is InChI=1S/C12H17N3O2/c1-7-11(8(2)17-14-7)12(16)15-5-9-3-4-13-10(9)6-15/h9-10,13H,3-6H2,1-2H3/t9-,10+/m0/s1. The van der Waals surface area contributed by atoms with Crippen LogP contribution in [0, 0.1) is 19.8 Å². The Hall–Kier alpha value is -1.36. The maximum Gasteiger partial charge on any atom is 0.259 e. The first-order valence-electron chi connectivity index (χ1n) is 6.12. The number of carbonyl (C=O) groups excluding carboxylic acids is 1. The highest BCUT2D eigenvalue weighted by Gasteiger charge is 2.39. The van der Waals surface area contributed by atoms with Crippen molar-refractivity contribution in [2.45, 2.75) is 26.3 Å². The molecule has 1 aromatic rings. The van der Waals surface area contributed by atoms with Gasteiger partial charge in [-0.25, -0.2) is 0 Å². The highest BCUT2D eigenvalue weighted by atomic mass is 16.5. The Morgan fingerprint density at radius 2 is 2.29 bits per heavy atom. The van der Waals surface area contributed by atoms with Crippen LogP contribution in [-0.2, 0) is 0 Å². The van der Waals surface area contributed by atoms with E-state index in [0.717, 1.165) is 19.6 Å². The molecule has 3 heterocycles. The van der Waals surface area contributed by atoms with Gasteiger partial charge < -0.3 is 14.7 Å². The second-order valence-corrected chi connectivity index (χ2v) is 5.02. The minimum atomic E-state index is 0.0671. The molecule has 1 N–H and O–H groups in total. The van der Waals surface area contributed by atoms with Crippen molar-refractivity contribution in [3.63, 3.8) is 0 Å². The predicted molar refractivity (Wildman–Crippen MR) is 61.8 cm³/mol. The molecular weight excluding hydrogens is 218 g/mol. The molecule has 2 aliphatic rings. The summed E-state index contributed by atoms with van der Waals surface area (Å²) < 4.78 is 5.06. The number of hydrogen-bond donors (Lipinski definition) is 1. The maximum absolute atomic E-state index is 12.4. The van der Waals surface area contributed by atoms with E-state index in [1.54, 1.807) is 6.92 Å². The van der Waals surface area contributed by atoms with Crippen LogP contribution < -0.4 is 5.32 Å². The molecule has 3 rings (SSSR count). The number of nitrogens with one attached hydrogen (secondary N) is 1. The first-order chi connectivity index (χ1) is 8.16. The number of fused-ring (bicyclic) bond motifs is 1. The normalized spacial score (nSPS) is 27.5. The molecule has 0 spiro atoms. The zero-order chi connectivity index (χ0) is 12.0. The largest absolute Gasteiger partial charge is 0.361 e. The van der Waals surface area contributed by atoms with Crippen molar-refractivity contribution >= 4 is 5.91 Å². The molecule has 1 amide bonds. The number of aromatic nitrogens is 1. The third-order valence-corrected chi connectivity index (χ3v) is 3.90. The van der Waals surface area contributed by atoms with E-state index in [1.165, 1.54) is 6.42 Å². The van der Waals surface area contributed by atoms with Gasteiger partial charge in [-0.3, -0.25) is 4.79 Å². The lowest BCUT2D eigenvalue weighted by Crippen LogP contribution is -2.34. The topological polar surface area (TPSA) is 58.4 Å². The Kier molecular flexibility index (Phi) is 2.43. The number of aryl methyl sites for hydroxylation is 2. The Labute approximate surface area is 100 Å². The fraction of sp³-hybridized carbons (Fsp3) is 0.667. The second-order valence-electron chi connectivity index (χ2n) is 5.02. The number of carbonyl (C=O) groups is 1. The highest BCUT2D eigenvalue weighted by Crippen LogP contribution is 2.27. The fourth-order valence-corrected chi connectivity index (χ4v) is 2.96. The van der Waals surface area contributed by atoms with Crippen LogP contribution in [0.2, 0.25) is 0 Å². The van der Waals surface area contributed by atoms with Gasteiger partial charge in [0.2, 0.25) is 0 Å². The Balaban J connectivity index is 1.80. The van der Waals surface area contributed by atoms with Crippen LogP contribution in [0.5, 0.6) is 0 Å². The lowest BCUT2D eigenvalue weighted by Gasteiger charge is -2.16. The van der Waals surface area contributed by atoms with Gasteiger partial charge in [-0.15, -0.1) is 0 Å². The Bertz CT molecular complexity index is 423. The lowest BCUT2D eigenvalue weighted by atomic mass is 10.1. The van der Waals surface area contributed by atoms with Gasteiger partial charge in [-0.2, -0.15) is 0 Å². The van der Waals surface area contributed by atoms with E-state index in [-0.39, 0.29) is 5.91 Å². The summed E-state index contributed by atoms with van der Waals surface area (Å²) in [4.78, 5) is 14.3. The molecule has 0 saturated carbocycles. The quantitative estimate of drug-likeness (QED) is 0.779. The molecule has 0 unspecified atom stereocenters. The van der Waals surface area contributed by atoms with Gasteiger partial charge in [0.15, 0.2) is 0 Å². The average Bonchev–Trinajstić information content (AvgIpc) is 2.92. The van der Waals surface area contributed by atoms with E-state index in [2.05, 4.69) is 10.5 Å². The monoisotopic (exact) mass is 235 g/mol. The first-order valence-corrected chi connectivity index (χ1v) is 6.12. The Morgan fingerprint density at radius 1 is 1.47 bits per heavy atom. The molecule has 0 radical (unpaired) electrons. The zero-order valence-electron chi connectivity index (χ0n) is 10.2. The average molecular weight is 235 g/mol. The summed E-state index contributed by atoms with van der Waals surface area (Å²) >= 11 is 0. The van der Waals surface area contributed by atoms with E-state index in [0.29, 0.717) is 29.0 Å². The third kappa shape index (κ3) is 1.65. The summed E-state index contributed by atoms with van der Waals surface area (Å²) in [7, 11) is 0. The van der Waals surface area contributed by atoms with E-state index in [4.69, 9.17) is 4.52 Å². The molecule has 0 aromatic carbocycles. The SMILES string of the molecule is Cc1noc(C)c1C(=O)N1C[C@@H]2CCN[C@@H]2C1. The molecule has 1 aromatic heterocycles. The van der Waals surface area contributed by atoms with E-state index in [1.807, 2.05) is 11.8 Å². The van der Waals surface area contributed by atoms with Crippen LogP contribution >= 0.6 is 0 Å². The molecule has 2 aliphatic heterocycles. The van der Waals surface area contributed by atoms with Crippen LogP contribution in [0.3, 0.4) is 0 Å². The molecular formula is C12H17N3O2. The molecule has 2 atom stereocenters. The number of hydrogen-bond acceptors (Lipinski definition) is 4. The van der Waals surface area contributed by atoms with Gasteiger partial charge in [0.1, 0.15) is 11.3 Å². The summed E-state index contributed by atoms with van der Waals surface area (Å²) in [5.41, 5.74) is 1.34. The van der Waals surface area contributed by atoms with Crippen LogP contribution in [0.15, 0.2) is 4.52 Å². The Morgan fingerprint density at radius 3 is 2.94 bits per heavy atom. The van der Waals surface area contributed by atoms with Gasteiger partial charge in [-0.05, 0) is 32.7 Å². The maximum atomic E-state index is 12.4. The third-order valence-electron chi connectivity index (χ3n) is 3.90. The molecule has 0 bridgehead atoms. The van der Waals surface area contributed by atoms with Gasteiger partial charge in [0, 0.05) is 19.1 Å². The summed E-state index contributed by atoms with van der Waals surface area (Å²) in [5, 5.41) is 7.29. The summed E-state index contributed by atoms with van der Waals surface area (Å²) in [6.07, 6.45) is 1.18. The summed E-state index contributed by atoms with van der Waals surface area (Å²) in [5.74, 6) is 1.31. The van der Waals surface area contributed by atoms with Crippen molar-refractivity contribution in [2.75, 3.05) is 19.6 Å². The molecule has 0 aliphatic carbocycles. The van der Waals surface area contributed by atoms with Crippen LogP contribution in [-0.4, -0.2) is 41.6 Å². The predicted octanol–water partition coefficient (Wildman–Crippen LogP) is 0.725. The molecule has 92 valence electrons. The van der Waals surface area contributed by atoms with Gasteiger partial charge in [0.05, 0.1) is 5.69 Å². The number of likely N-dealkylation sites (tertiary alicyclic amines) is 1. The van der Waals surface area contributed by atoms with Crippen molar-refractivity contribution in [1.82, 2.24) is 15.4 Å². The van der Waals surface area contributed by atoms with Gasteiger partial charge in [0.25, 0.3) is 5.91 Å². The fourth-order valence-electron chi connectivity index (χ4n) is 2.96. The minimum absolute atomic E-state index is 0.0671. The molecule has 2 saturated heterocycles. The van der Waals surface area contributed by atoms with Crippen molar-refractivity contribution in [3.8, 4) is 0 Å². The van der Waals surface area contributed by atoms with Crippen LogP contribution in [0.1, 0.15) is 28.2 Å². The van der Waals surface area contributed by atoms with E-state index in [9.17, 15) is 4.79 Å². The van der Waals surface area contributed by atoms with Crippen molar-refractivity contribution in [1.29, 1.82) is 0 Å². The van der Waals surface area contributed by atoms with Crippen LogP contribution in [0.25, 0.3) is 0 Å². The smallest absolute Gasteiger partial charge is 0.259 e. The van der Waals surface area contributed by atoms with E-state index < -0.39 is 0 Å². The van der Waals surface area contributed by atoms with Crippen molar-refractivity contribution in [3.05, 3.63) is 17.0 Å². The molecule has 17 heavy (non-hydrogen) atoms. The highest BCUT2D eigenvalue weighted by molar-refractivity contribution is 5.96. The summed E-state index contributed by atoms with van der Waals surface area (Å²) in [6.45, 7) is 6.37. The minimum Gasteiger partial charge on any atom is -0.361 e. The van der Waals surface area contributed by atoms with Crippen molar-refractivity contribution in [2.24, 2.45) is 5.92 Å². The lowest BCUT2D eigenvalue weighted by molar-refractivity contribution is 0.0780. The van der Waals surface area contributed by atoms with Gasteiger partial charge in [-0.1, -0.05) is 5.16 Å². The van der Waals surface area contributed by atoms with Crippen LogP contribution in [0.4, 0.5) is 0 Å². The number of rotatable bonds is 1. The zero-order valence-corrected chi connectivity index (χ0v) is 10.2. The molecule has 5 nitrogen and oxygen atoms in total. The second kappa shape index (κ2) is 3.84. The molecule has 5 heteroatoms. The number of nitrogens with zero attached hydrogens (tertiary/aromatic N) is 2. The van der Waals surface area contributed by atoms with E-state index >= 15 is 0 Å². The van der Waals surface area contributed by atoms with Gasteiger partial charge >= 0.3 is 0 Å². The van der Waals surface area contributed by atoms with Crippen molar-refractivity contribution < 1.29 is 9.32 Å². The first kappa shape index (κ1) is 10.8. The number of amides is 1. The molecule has 2 fully saturated rings.